The number of amides is 2. The number of para-hydroxylation sites is 1. The van der Waals surface area contributed by atoms with E-state index in [9.17, 15) is 14.7 Å². The molecule has 0 radical (unpaired) electrons. The number of carbonyl (C=O) groups excluding carboxylic acids is 2. The summed E-state index contributed by atoms with van der Waals surface area (Å²) in [7, 11) is 1.70. The third-order valence-electron chi connectivity index (χ3n) is 4.41. The molecule has 0 saturated heterocycles. The molecule has 0 bridgehead atoms. The van der Waals surface area contributed by atoms with Crippen LogP contribution in [0, 0.1) is 0 Å². The van der Waals surface area contributed by atoms with Crippen molar-refractivity contribution in [3.8, 4) is 5.75 Å². The Morgan fingerprint density at radius 1 is 1.00 bits per heavy atom. The maximum atomic E-state index is 13.2. The summed E-state index contributed by atoms with van der Waals surface area (Å²) in [5.41, 5.74) is 1.75. The molecule has 6 heteroatoms. The number of aliphatic hydroxyl groups is 1. The maximum absolute atomic E-state index is 13.2. The van der Waals surface area contributed by atoms with E-state index in [0.29, 0.717) is 22.6 Å². The number of rotatable bonds is 7. The van der Waals surface area contributed by atoms with E-state index in [4.69, 9.17) is 4.74 Å². The highest BCUT2D eigenvalue weighted by Gasteiger charge is 2.41. The van der Waals surface area contributed by atoms with Gasteiger partial charge in [-0.3, -0.25) is 9.59 Å². The Balaban J connectivity index is 2.05. The first-order valence-electron chi connectivity index (χ1n) is 9.21. The summed E-state index contributed by atoms with van der Waals surface area (Å²) in [5.74, 6) is -0.0838. The molecule has 1 aliphatic rings. The van der Waals surface area contributed by atoms with Crippen LogP contribution in [0.15, 0.2) is 60.3 Å². The number of carbonyl (C=O) groups is 2. The lowest BCUT2D eigenvalue weighted by Gasteiger charge is -2.20. The number of nitrogens with zero attached hydrogens (tertiary/aromatic N) is 2. The smallest absolute Gasteiger partial charge is 0.282 e. The van der Waals surface area contributed by atoms with Crippen molar-refractivity contribution in [2.75, 3.05) is 25.1 Å². The minimum atomic E-state index is -0.398. The summed E-state index contributed by atoms with van der Waals surface area (Å²) in [6.07, 6.45) is 0.0413. The van der Waals surface area contributed by atoms with Gasteiger partial charge in [0, 0.05) is 13.6 Å². The van der Waals surface area contributed by atoms with E-state index in [2.05, 4.69) is 0 Å². The molecule has 146 valence electrons. The summed E-state index contributed by atoms with van der Waals surface area (Å²) >= 11 is 0. The first-order chi connectivity index (χ1) is 13.4. The summed E-state index contributed by atoms with van der Waals surface area (Å²) < 4.78 is 5.66. The standard InChI is InChI=1S/C22H24N2O4/c1-15(2)28-18-11-9-16(10-12-18)19-20(23(3)13-14-25)22(27)24(21(19)26)17-7-5-4-6-8-17/h4-12,15,25H,13-14H2,1-3H3. The lowest BCUT2D eigenvalue weighted by Crippen LogP contribution is -2.34. The summed E-state index contributed by atoms with van der Waals surface area (Å²) in [5, 5.41) is 9.32. The molecule has 0 atom stereocenters. The minimum Gasteiger partial charge on any atom is -0.491 e. The molecular weight excluding hydrogens is 356 g/mol. The molecular formula is C22H24N2O4. The van der Waals surface area contributed by atoms with Crippen LogP contribution in [-0.2, 0) is 9.59 Å². The number of benzene rings is 2. The predicted molar refractivity (Wildman–Crippen MR) is 108 cm³/mol. The van der Waals surface area contributed by atoms with Gasteiger partial charge in [0.25, 0.3) is 11.8 Å². The van der Waals surface area contributed by atoms with Gasteiger partial charge in [-0.25, -0.2) is 4.90 Å². The Morgan fingerprint density at radius 2 is 1.64 bits per heavy atom. The largest absolute Gasteiger partial charge is 0.491 e. The Bertz CT molecular complexity index is 889. The average molecular weight is 380 g/mol. The second-order valence-electron chi connectivity index (χ2n) is 6.84. The normalized spacial score (nSPS) is 14.2. The van der Waals surface area contributed by atoms with Crippen LogP contribution < -0.4 is 9.64 Å². The molecule has 2 aromatic carbocycles. The molecule has 0 aliphatic carbocycles. The van der Waals surface area contributed by atoms with E-state index in [1.165, 1.54) is 4.90 Å². The first-order valence-corrected chi connectivity index (χ1v) is 9.21. The zero-order chi connectivity index (χ0) is 20.3. The fourth-order valence-corrected chi connectivity index (χ4v) is 3.18. The zero-order valence-electron chi connectivity index (χ0n) is 16.3. The Hall–Kier alpha value is -3.12. The van der Waals surface area contributed by atoms with E-state index in [1.54, 1.807) is 60.5 Å². The van der Waals surface area contributed by atoms with Crippen LogP contribution in [0.2, 0.25) is 0 Å². The Labute approximate surface area is 164 Å². The molecule has 28 heavy (non-hydrogen) atoms. The minimum absolute atomic E-state index is 0.0413. The van der Waals surface area contributed by atoms with Crippen LogP contribution in [0.5, 0.6) is 5.75 Å². The molecule has 0 unspecified atom stereocenters. The van der Waals surface area contributed by atoms with E-state index in [0.717, 1.165) is 0 Å². The van der Waals surface area contributed by atoms with E-state index >= 15 is 0 Å². The van der Waals surface area contributed by atoms with Gasteiger partial charge >= 0.3 is 0 Å². The van der Waals surface area contributed by atoms with Crippen molar-refractivity contribution < 1.29 is 19.4 Å². The zero-order valence-corrected chi connectivity index (χ0v) is 16.3. The van der Waals surface area contributed by atoms with Gasteiger partial charge in [0.05, 0.1) is 24.0 Å². The predicted octanol–water partition coefficient (Wildman–Crippen LogP) is 2.68. The van der Waals surface area contributed by atoms with Crippen LogP contribution in [0.25, 0.3) is 5.57 Å². The highest BCUT2D eigenvalue weighted by Crippen LogP contribution is 2.34. The molecule has 1 heterocycles. The van der Waals surface area contributed by atoms with Crippen molar-refractivity contribution in [3.63, 3.8) is 0 Å². The fraction of sp³-hybridized carbons (Fsp3) is 0.273. The average Bonchev–Trinajstić information content (AvgIpc) is 2.93. The number of hydrogen-bond donors (Lipinski definition) is 1. The SMILES string of the molecule is CC(C)Oc1ccc(C2=C(N(C)CCO)C(=O)N(c3ccccc3)C2=O)cc1. The number of likely N-dealkylation sites (N-methyl/N-ethyl adjacent to an activating group) is 1. The van der Waals surface area contributed by atoms with Crippen LogP contribution >= 0.6 is 0 Å². The Morgan fingerprint density at radius 3 is 2.21 bits per heavy atom. The molecule has 3 rings (SSSR count). The van der Waals surface area contributed by atoms with Gasteiger partial charge in [0.1, 0.15) is 11.4 Å². The van der Waals surface area contributed by atoms with Gasteiger partial charge in [-0.05, 0) is 43.7 Å². The van der Waals surface area contributed by atoms with Gasteiger partial charge in [-0.15, -0.1) is 0 Å². The number of anilines is 1. The number of hydrogen-bond acceptors (Lipinski definition) is 5. The molecule has 0 spiro atoms. The molecule has 1 N–H and O–H groups in total. The van der Waals surface area contributed by atoms with Gasteiger partial charge < -0.3 is 14.7 Å². The molecule has 6 nitrogen and oxygen atoms in total. The summed E-state index contributed by atoms with van der Waals surface area (Å²) in [6.45, 7) is 4.00. The lowest BCUT2D eigenvalue weighted by atomic mass is 10.0. The molecule has 1 aliphatic heterocycles. The molecule has 0 fully saturated rings. The van der Waals surface area contributed by atoms with E-state index in [1.807, 2.05) is 19.9 Å². The number of aliphatic hydroxyl groups excluding tert-OH is 1. The Kier molecular flexibility index (Phi) is 5.80. The van der Waals surface area contributed by atoms with Crippen LogP contribution in [-0.4, -0.2) is 48.1 Å². The highest BCUT2D eigenvalue weighted by molar-refractivity contribution is 6.45. The molecule has 2 aromatic rings. The summed E-state index contributed by atoms with van der Waals surface area (Å²) in [6, 6.07) is 16.0. The van der Waals surface area contributed by atoms with Crippen molar-refractivity contribution in [1.29, 1.82) is 0 Å². The van der Waals surface area contributed by atoms with E-state index < -0.39 is 5.91 Å². The van der Waals surface area contributed by atoms with Crippen LogP contribution in [0.4, 0.5) is 5.69 Å². The maximum Gasteiger partial charge on any atom is 0.282 e. The highest BCUT2D eigenvalue weighted by atomic mass is 16.5. The number of ether oxygens (including phenoxy) is 1. The van der Waals surface area contributed by atoms with Crippen LogP contribution in [0.1, 0.15) is 19.4 Å². The third kappa shape index (κ3) is 3.77. The van der Waals surface area contributed by atoms with Gasteiger partial charge in [-0.2, -0.15) is 0 Å². The van der Waals surface area contributed by atoms with Gasteiger partial charge in [0.2, 0.25) is 0 Å². The monoisotopic (exact) mass is 380 g/mol. The lowest BCUT2D eigenvalue weighted by molar-refractivity contribution is -0.120. The van der Waals surface area contributed by atoms with Crippen molar-refractivity contribution in [2.24, 2.45) is 0 Å². The van der Waals surface area contributed by atoms with Crippen molar-refractivity contribution in [1.82, 2.24) is 4.90 Å². The van der Waals surface area contributed by atoms with Crippen molar-refractivity contribution >= 4 is 23.1 Å². The quantitative estimate of drug-likeness (QED) is 0.748. The first kappa shape index (κ1) is 19.6. The molecule has 2 amide bonds. The second-order valence-corrected chi connectivity index (χ2v) is 6.84. The van der Waals surface area contributed by atoms with Gasteiger partial charge in [-0.1, -0.05) is 30.3 Å². The van der Waals surface area contributed by atoms with Crippen LogP contribution in [0.3, 0.4) is 0 Å². The van der Waals surface area contributed by atoms with E-state index in [-0.39, 0.29) is 30.9 Å². The second kappa shape index (κ2) is 8.27. The van der Waals surface area contributed by atoms with Crippen molar-refractivity contribution in [3.05, 3.63) is 65.9 Å². The molecule has 0 aromatic heterocycles. The number of imide groups is 1. The fourth-order valence-electron chi connectivity index (χ4n) is 3.18. The third-order valence-corrected chi connectivity index (χ3v) is 4.41. The topological polar surface area (TPSA) is 70.1 Å². The van der Waals surface area contributed by atoms with Crippen molar-refractivity contribution in [2.45, 2.75) is 20.0 Å². The summed E-state index contributed by atoms with van der Waals surface area (Å²) in [4.78, 5) is 29.2. The van der Waals surface area contributed by atoms with Gasteiger partial charge in [0.15, 0.2) is 0 Å². The molecule has 0 saturated carbocycles.